The van der Waals surface area contributed by atoms with Crippen LogP contribution in [0.4, 0.5) is 15.8 Å². The summed E-state index contributed by atoms with van der Waals surface area (Å²) in [5, 5.41) is 7.07. The number of carbonyl (C=O) groups is 2. The number of rotatable bonds is 6. The van der Waals surface area contributed by atoms with Crippen molar-refractivity contribution in [3.8, 4) is 0 Å². The molecule has 0 aliphatic heterocycles. The average molecular weight is 442 g/mol. The Hall–Kier alpha value is -4.39. The number of hydrogen-bond acceptors (Lipinski definition) is 5. The Balaban J connectivity index is 1.44. The minimum atomic E-state index is -0.442. The van der Waals surface area contributed by atoms with E-state index in [0.29, 0.717) is 38.9 Å². The molecule has 1 amide bonds. The van der Waals surface area contributed by atoms with Crippen molar-refractivity contribution in [1.82, 2.24) is 0 Å². The Labute approximate surface area is 188 Å². The normalized spacial score (nSPS) is 11.1. The van der Waals surface area contributed by atoms with Gasteiger partial charge in [0.1, 0.15) is 17.0 Å². The van der Waals surface area contributed by atoms with Crippen LogP contribution in [0.5, 0.6) is 0 Å². The first kappa shape index (κ1) is 20.5. The molecule has 5 aromatic rings. The van der Waals surface area contributed by atoms with Gasteiger partial charge in [0, 0.05) is 22.0 Å². The molecule has 0 spiro atoms. The highest BCUT2D eigenvalue weighted by Gasteiger charge is 2.23. The number of para-hydroxylation sites is 2. The predicted molar refractivity (Wildman–Crippen MR) is 124 cm³/mol. The lowest BCUT2D eigenvalue weighted by Crippen LogP contribution is -2.17. The Morgan fingerprint density at radius 1 is 0.848 bits per heavy atom. The van der Waals surface area contributed by atoms with Crippen molar-refractivity contribution in [3.05, 3.63) is 95.7 Å². The predicted octanol–water partition coefficient (Wildman–Crippen LogP) is 6.17. The highest BCUT2D eigenvalue weighted by molar-refractivity contribution is 6.12. The molecule has 2 heterocycles. The van der Waals surface area contributed by atoms with Crippen molar-refractivity contribution in [1.29, 1.82) is 0 Å². The van der Waals surface area contributed by atoms with E-state index in [4.69, 9.17) is 8.83 Å². The summed E-state index contributed by atoms with van der Waals surface area (Å²) in [5.74, 6) is -0.962. The summed E-state index contributed by atoms with van der Waals surface area (Å²) >= 11 is 0. The molecular weight excluding hydrogens is 423 g/mol. The van der Waals surface area contributed by atoms with E-state index in [2.05, 4.69) is 10.6 Å². The van der Waals surface area contributed by atoms with Gasteiger partial charge >= 0.3 is 0 Å². The molecule has 0 saturated carbocycles. The lowest BCUT2D eigenvalue weighted by molar-refractivity contribution is 0.0976. The molecule has 0 radical (unpaired) electrons. The summed E-state index contributed by atoms with van der Waals surface area (Å²) in [6.45, 7) is 1.57. The Bertz CT molecular complexity index is 1500. The molecule has 0 fully saturated rings. The van der Waals surface area contributed by atoms with Crippen LogP contribution in [-0.4, -0.2) is 18.2 Å². The van der Waals surface area contributed by atoms with E-state index in [-0.39, 0.29) is 23.8 Å². The van der Waals surface area contributed by atoms with Gasteiger partial charge in [-0.3, -0.25) is 9.59 Å². The minimum Gasteiger partial charge on any atom is -0.453 e. The van der Waals surface area contributed by atoms with E-state index in [1.807, 2.05) is 24.3 Å². The molecule has 2 N–H and O–H groups in total. The zero-order valence-electron chi connectivity index (χ0n) is 17.6. The SMILES string of the molecule is Cc1c(C(=O)CNc2c(C(=O)Nc3ccccc3)oc3ccccc23)oc2ccc(F)cc12. The van der Waals surface area contributed by atoms with Crippen LogP contribution in [0.1, 0.15) is 26.7 Å². The van der Waals surface area contributed by atoms with Crippen LogP contribution in [0.3, 0.4) is 0 Å². The van der Waals surface area contributed by atoms with E-state index in [0.717, 1.165) is 0 Å². The number of aryl methyl sites for hydroxylation is 1. The first-order valence-electron chi connectivity index (χ1n) is 10.3. The molecular formula is C26H19FN2O4. The fourth-order valence-electron chi connectivity index (χ4n) is 3.80. The lowest BCUT2D eigenvalue weighted by atomic mass is 10.1. The van der Waals surface area contributed by atoms with Gasteiger partial charge in [0.2, 0.25) is 11.5 Å². The highest BCUT2D eigenvalue weighted by Crippen LogP contribution is 2.32. The standard InChI is InChI=1S/C26H19FN2O4/c1-15-19-13-16(27)11-12-22(19)32-24(15)20(30)14-28-23-18-9-5-6-10-21(18)33-25(23)26(31)29-17-7-3-2-4-8-17/h2-13,28H,14H2,1H3,(H,29,31). The summed E-state index contributed by atoms with van der Waals surface area (Å²) in [7, 11) is 0. The number of ketones is 1. The van der Waals surface area contributed by atoms with Gasteiger partial charge in [-0.1, -0.05) is 30.3 Å². The topological polar surface area (TPSA) is 84.5 Å². The molecule has 33 heavy (non-hydrogen) atoms. The quantitative estimate of drug-likeness (QED) is 0.307. The van der Waals surface area contributed by atoms with Crippen molar-refractivity contribution in [2.75, 3.05) is 17.2 Å². The molecule has 0 saturated heterocycles. The van der Waals surface area contributed by atoms with Crippen LogP contribution in [0.15, 0.2) is 81.6 Å². The number of benzene rings is 3. The molecule has 7 heteroatoms. The third kappa shape index (κ3) is 3.85. The van der Waals surface area contributed by atoms with Crippen LogP contribution in [0.2, 0.25) is 0 Å². The smallest absolute Gasteiger partial charge is 0.293 e. The number of fused-ring (bicyclic) bond motifs is 2. The monoisotopic (exact) mass is 442 g/mol. The first-order chi connectivity index (χ1) is 16.0. The summed E-state index contributed by atoms with van der Waals surface area (Å²) in [5.41, 5.74) is 2.55. The first-order valence-corrected chi connectivity index (χ1v) is 10.3. The van der Waals surface area contributed by atoms with E-state index in [1.54, 1.807) is 37.3 Å². The van der Waals surface area contributed by atoms with Crippen molar-refractivity contribution >= 4 is 45.0 Å². The molecule has 0 unspecified atom stereocenters. The third-order valence-corrected chi connectivity index (χ3v) is 5.41. The largest absolute Gasteiger partial charge is 0.453 e. The lowest BCUT2D eigenvalue weighted by Gasteiger charge is -2.07. The summed E-state index contributed by atoms with van der Waals surface area (Å²) in [6.07, 6.45) is 0. The fourth-order valence-corrected chi connectivity index (χ4v) is 3.80. The highest BCUT2D eigenvalue weighted by atomic mass is 19.1. The zero-order valence-corrected chi connectivity index (χ0v) is 17.6. The van der Waals surface area contributed by atoms with E-state index in [1.165, 1.54) is 18.2 Å². The molecule has 0 bridgehead atoms. The summed E-state index contributed by atoms with van der Waals surface area (Å²) in [4.78, 5) is 25.9. The van der Waals surface area contributed by atoms with Gasteiger partial charge in [-0.25, -0.2) is 4.39 Å². The fraction of sp³-hybridized carbons (Fsp3) is 0.0769. The van der Waals surface area contributed by atoms with Gasteiger partial charge < -0.3 is 19.5 Å². The van der Waals surface area contributed by atoms with Gasteiger partial charge in [0.25, 0.3) is 5.91 Å². The second-order valence-corrected chi connectivity index (χ2v) is 7.60. The zero-order chi connectivity index (χ0) is 22.9. The van der Waals surface area contributed by atoms with Crippen LogP contribution >= 0.6 is 0 Å². The van der Waals surface area contributed by atoms with Crippen molar-refractivity contribution in [2.24, 2.45) is 0 Å². The van der Waals surface area contributed by atoms with Crippen LogP contribution < -0.4 is 10.6 Å². The maximum Gasteiger partial charge on any atom is 0.293 e. The van der Waals surface area contributed by atoms with Gasteiger partial charge in [-0.2, -0.15) is 0 Å². The summed E-state index contributed by atoms with van der Waals surface area (Å²) in [6, 6.07) is 20.3. The second kappa shape index (κ2) is 8.27. The van der Waals surface area contributed by atoms with E-state index < -0.39 is 11.7 Å². The molecule has 6 nitrogen and oxygen atoms in total. The number of Topliss-reactive ketones (excluding diaryl/α,β-unsaturated/α-hetero) is 1. The molecule has 0 atom stereocenters. The number of nitrogens with one attached hydrogen (secondary N) is 2. The van der Waals surface area contributed by atoms with Crippen LogP contribution in [0.25, 0.3) is 21.9 Å². The Morgan fingerprint density at radius 2 is 1.55 bits per heavy atom. The third-order valence-electron chi connectivity index (χ3n) is 5.41. The van der Waals surface area contributed by atoms with Gasteiger partial charge in [0.15, 0.2) is 5.76 Å². The molecule has 0 aliphatic carbocycles. The van der Waals surface area contributed by atoms with Crippen LogP contribution in [-0.2, 0) is 0 Å². The van der Waals surface area contributed by atoms with Gasteiger partial charge in [-0.05, 0) is 49.4 Å². The van der Waals surface area contributed by atoms with Gasteiger partial charge in [-0.15, -0.1) is 0 Å². The summed E-state index contributed by atoms with van der Waals surface area (Å²) < 4.78 is 25.1. The Kier molecular flexibility index (Phi) is 5.14. The average Bonchev–Trinajstić information content (AvgIpc) is 3.36. The minimum absolute atomic E-state index is 0.0660. The van der Waals surface area contributed by atoms with E-state index >= 15 is 0 Å². The number of furan rings is 2. The number of anilines is 2. The maximum atomic E-state index is 13.6. The van der Waals surface area contributed by atoms with Crippen molar-refractivity contribution in [2.45, 2.75) is 6.92 Å². The van der Waals surface area contributed by atoms with Crippen molar-refractivity contribution in [3.63, 3.8) is 0 Å². The maximum absolute atomic E-state index is 13.6. The van der Waals surface area contributed by atoms with Crippen LogP contribution in [0, 0.1) is 12.7 Å². The molecule has 0 aliphatic rings. The second-order valence-electron chi connectivity index (χ2n) is 7.60. The number of carbonyl (C=O) groups excluding carboxylic acids is 2. The number of halogens is 1. The number of hydrogen-bond donors (Lipinski definition) is 2. The van der Waals surface area contributed by atoms with E-state index in [9.17, 15) is 14.0 Å². The number of amides is 1. The molecule has 164 valence electrons. The molecule has 3 aromatic carbocycles. The van der Waals surface area contributed by atoms with Crippen molar-refractivity contribution < 1.29 is 22.8 Å². The molecule has 5 rings (SSSR count). The van der Waals surface area contributed by atoms with Gasteiger partial charge in [0.05, 0.1) is 12.2 Å². The Morgan fingerprint density at radius 3 is 2.36 bits per heavy atom. The molecule has 2 aromatic heterocycles.